The van der Waals surface area contributed by atoms with Gasteiger partial charge in [-0.25, -0.2) is 4.79 Å². The first kappa shape index (κ1) is 24.9. The maximum absolute atomic E-state index is 12.4. The Morgan fingerprint density at radius 1 is 1.03 bits per heavy atom. The summed E-state index contributed by atoms with van der Waals surface area (Å²) in [6, 6.07) is 14.2. The summed E-state index contributed by atoms with van der Waals surface area (Å²) in [6.07, 6.45) is 7.53. The lowest BCUT2D eigenvalue weighted by Gasteiger charge is -2.31. The van der Waals surface area contributed by atoms with Crippen molar-refractivity contribution in [3.8, 4) is 11.1 Å². The number of hydrogen-bond donors (Lipinski definition) is 2. The zero-order valence-electron chi connectivity index (χ0n) is 20.9. The van der Waals surface area contributed by atoms with E-state index in [1.165, 1.54) is 11.1 Å². The lowest BCUT2D eigenvalue weighted by Crippen LogP contribution is -2.36. The van der Waals surface area contributed by atoms with Crippen molar-refractivity contribution in [1.82, 2.24) is 9.88 Å². The number of ether oxygens (including phenoxy) is 1. The molecule has 2 heterocycles. The number of nitrogens with one attached hydrogen (secondary N) is 1. The van der Waals surface area contributed by atoms with Gasteiger partial charge in [0.15, 0.2) is 0 Å². The van der Waals surface area contributed by atoms with E-state index in [4.69, 9.17) is 4.74 Å². The molecule has 0 radical (unpaired) electrons. The molecule has 1 aliphatic heterocycles. The normalized spacial score (nSPS) is 14.7. The molecule has 0 atom stereocenters. The van der Waals surface area contributed by atoms with Gasteiger partial charge in [-0.1, -0.05) is 26.0 Å². The Morgan fingerprint density at radius 2 is 1.69 bits per heavy atom. The maximum atomic E-state index is 12.4. The number of methoxy groups -OCH3 is 1. The number of aryl methyl sites for hydroxylation is 2. The third-order valence-electron chi connectivity index (χ3n) is 6.96. The van der Waals surface area contributed by atoms with Crippen LogP contribution in [0.5, 0.6) is 0 Å². The molecule has 1 aliphatic rings. The fourth-order valence-corrected chi connectivity index (χ4v) is 4.96. The van der Waals surface area contributed by atoms with Crippen LogP contribution < -0.4 is 5.32 Å². The van der Waals surface area contributed by atoms with Crippen molar-refractivity contribution < 1.29 is 14.6 Å². The molecule has 184 valence electrons. The average molecular weight is 474 g/mol. The average Bonchev–Trinajstić information content (AvgIpc) is 2.89. The van der Waals surface area contributed by atoms with Gasteiger partial charge in [-0.2, -0.15) is 0 Å². The lowest BCUT2D eigenvalue weighted by molar-refractivity contribution is 0.0386. The van der Waals surface area contributed by atoms with Crippen LogP contribution in [0.3, 0.4) is 0 Å². The molecule has 0 amide bonds. The minimum atomic E-state index is -0.903. The Bertz CT molecular complexity index is 1130. The Hall–Kier alpha value is -3.22. The third kappa shape index (κ3) is 5.72. The second-order valence-corrected chi connectivity index (χ2v) is 9.09. The highest BCUT2D eigenvalue weighted by Crippen LogP contribution is 2.34. The van der Waals surface area contributed by atoms with Gasteiger partial charge < -0.3 is 15.2 Å². The largest absolute Gasteiger partial charge is 0.478 e. The first-order valence-corrected chi connectivity index (χ1v) is 12.5. The van der Waals surface area contributed by atoms with Crippen LogP contribution in [-0.4, -0.2) is 47.3 Å². The summed E-state index contributed by atoms with van der Waals surface area (Å²) in [4.78, 5) is 18.9. The van der Waals surface area contributed by atoms with Gasteiger partial charge in [-0.3, -0.25) is 9.88 Å². The Balaban J connectivity index is 1.67. The monoisotopic (exact) mass is 473 g/mol. The number of hydrogen-bond acceptors (Lipinski definition) is 5. The van der Waals surface area contributed by atoms with Crippen molar-refractivity contribution in [2.45, 2.75) is 52.2 Å². The van der Waals surface area contributed by atoms with Crippen molar-refractivity contribution >= 4 is 17.3 Å². The Morgan fingerprint density at radius 3 is 2.26 bits per heavy atom. The van der Waals surface area contributed by atoms with Crippen molar-refractivity contribution in [1.29, 1.82) is 0 Å². The molecule has 1 saturated heterocycles. The van der Waals surface area contributed by atoms with Crippen molar-refractivity contribution in [3.63, 3.8) is 0 Å². The number of anilines is 2. The van der Waals surface area contributed by atoms with Crippen LogP contribution in [0.2, 0.25) is 0 Å². The molecule has 1 fully saturated rings. The lowest BCUT2D eigenvalue weighted by atomic mass is 9.95. The van der Waals surface area contributed by atoms with Crippen LogP contribution in [0.15, 0.2) is 54.9 Å². The number of aromatic carboxylic acids is 1. The van der Waals surface area contributed by atoms with E-state index < -0.39 is 5.97 Å². The highest BCUT2D eigenvalue weighted by Gasteiger charge is 2.23. The minimum absolute atomic E-state index is 0.299. The second kappa shape index (κ2) is 11.5. The molecule has 6 nitrogen and oxygen atoms in total. The Kier molecular flexibility index (Phi) is 8.16. The first-order chi connectivity index (χ1) is 17.0. The van der Waals surface area contributed by atoms with E-state index in [0.29, 0.717) is 23.9 Å². The number of piperidine rings is 1. The number of nitrogens with zero attached hydrogens (tertiary/aromatic N) is 2. The van der Waals surface area contributed by atoms with Gasteiger partial charge in [0.05, 0.1) is 17.4 Å². The quantitative estimate of drug-likeness (QED) is 0.401. The highest BCUT2D eigenvalue weighted by molar-refractivity contribution is 5.97. The molecule has 1 aromatic heterocycles. The number of carbonyl (C=O) groups is 1. The van der Waals surface area contributed by atoms with Crippen LogP contribution in [0.25, 0.3) is 11.1 Å². The molecule has 0 spiro atoms. The van der Waals surface area contributed by atoms with Gasteiger partial charge in [0.25, 0.3) is 0 Å². The van der Waals surface area contributed by atoms with Crippen LogP contribution >= 0.6 is 0 Å². The maximum Gasteiger partial charge on any atom is 0.338 e. The predicted octanol–water partition coefficient (Wildman–Crippen LogP) is 5.93. The third-order valence-corrected chi connectivity index (χ3v) is 6.96. The number of carboxylic acid groups (broad SMARTS) is 1. The molecule has 0 unspecified atom stereocenters. The molecule has 2 aromatic carbocycles. The summed E-state index contributed by atoms with van der Waals surface area (Å²) >= 11 is 0. The molecular formula is C29H35N3O3. The van der Waals surface area contributed by atoms with E-state index in [2.05, 4.69) is 41.2 Å². The number of likely N-dealkylation sites (tertiary alicyclic amines) is 1. The zero-order valence-corrected chi connectivity index (χ0v) is 20.9. The molecule has 2 N–H and O–H groups in total. The number of carboxylic acids is 1. The molecule has 0 aliphatic carbocycles. The summed E-state index contributed by atoms with van der Waals surface area (Å²) in [5.74, 6) is -0.903. The number of benzene rings is 2. The fraction of sp³-hybridized carbons (Fsp3) is 0.379. The van der Waals surface area contributed by atoms with E-state index in [0.717, 1.165) is 61.2 Å². The number of rotatable bonds is 9. The van der Waals surface area contributed by atoms with E-state index in [-0.39, 0.29) is 0 Å². The van der Waals surface area contributed by atoms with Gasteiger partial charge in [0, 0.05) is 44.8 Å². The van der Waals surface area contributed by atoms with E-state index >= 15 is 0 Å². The molecule has 4 rings (SSSR count). The summed E-state index contributed by atoms with van der Waals surface area (Å²) < 4.78 is 5.48. The zero-order chi connectivity index (χ0) is 24.8. The van der Waals surface area contributed by atoms with E-state index in [9.17, 15) is 9.90 Å². The molecular weight excluding hydrogens is 438 g/mol. The van der Waals surface area contributed by atoms with Crippen LogP contribution in [0.4, 0.5) is 11.4 Å². The van der Waals surface area contributed by atoms with E-state index in [1.54, 1.807) is 19.5 Å². The number of pyridine rings is 1. The smallest absolute Gasteiger partial charge is 0.338 e. The second-order valence-electron chi connectivity index (χ2n) is 9.09. The summed E-state index contributed by atoms with van der Waals surface area (Å²) in [7, 11) is 1.76. The van der Waals surface area contributed by atoms with Crippen molar-refractivity contribution in [3.05, 3.63) is 77.1 Å². The molecule has 0 saturated carbocycles. The van der Waals surface area contributed by atoms with Gasteiger partial charge in [0.2, 0.25) is 0 Å². The SMILES string of the molecule is CCc1cc(-c2ccncc2)cc(CC)c1Nc1cccc(CN2CCC(OC)CC2)c1C(=O)O. The highest BCUT2D eigenvalue weighted by atomic mass is 16.5. The van der Waals surface area contributed by atoms with Gasteiger partial charge in [-0.15, -0.1) is 0 Å². The first-order valence-electron chi connectivity index (χ1n) is 12.5. The van der Waals surface area contributed by atoms with Crippen LogP contribution in [0, 0.1) is 0 Å². The van der Waals surface area contributed by atoms with Gasteiger partial charge in [0.1, 0.15) is 0 Å². The Labute approximate surface area is 208 Å². The fourth-order valence-electron chi connectivity index (χ4n) is 4.96. The standard InChI is InChI=1S/C29H35N3O3/c1-4-20-17-24(22-9-13-30-14-10-22)18-21(5-2)28(20)31-26-8-6-7-23(27(26)29(33)34)19-32-15-11-25(35-3)12-16-32/h6-10,13-14,17-18,25,31H,4-5,11-12,15-16,19H2,1-3H3,(H,33,34). The summed E-state index contributed by atoms with van der Waals surface area (Å²) in [6.45, 7) is 6.70. The molecule has 6 heteroatoms. The number of aromatic nitrogens is 1. The van der Waals surface area contributed by atoms with Gasteiger partial charge in [-0.05, 0) is 83.8 Å². The topological polar surface area (TPSA) is 74.7 Å². The van der Waals surface area contributed by atoms with Crippen LogP contribution in [0.1, 0.15) is 53.7 Å². The summed E-state index contributed by atoms with van der Waals surface area (Å²) in [5.41, 5.74) is 7.45. The van der Waals surface area contributed by atoms with Crippen molar-refractivity contribution in [2.24, 2.45) is 0 Å². The minimum Gasteiger partial charge on any atom is -0.478 e. The van der Waals surface area contributed by atoms with Gasteiger partial charge >= 0.3 is 5.97 Å². The molecule has 3 aromatic rings. The van der Waals surface area contributed by atoms with E-state index in [1.807, 2.05) is 30.3 Å². The molecule has 35 heavy (non-hydrogen) atoms. The predicted molar refractivity (Wildman–Crippen MR) is 140 cm³/mol. The summed E-state index contributed by atoms with van der Waals surface area (Å²) in [5, 5.41) is 13.7. The van der Waals surface area contributed by atoms with Crippen LogP contribution in [-0.2, 0) is 24.1 Å². The van der Waals surface area contributed by atoms with Crippen molar-refractivity contribution in [2.75, 3.05) is 25.5 Å². The molecule has 0 bridgehead atoms.